The molecular formula is C20H27N3O3. The zero-order valence-corrected chi connectivity index (χ0v) is 15.5. The van der Waals surface area contributed by atoms with Crippen LogP contribution in [-0.2, 0) is 27.3 Å². The van der Waals surface area contributed by atoms with Crippen molar-refractivity contribution in [1.29, 1.82) is 0 Å². The lowest BCUT2D eigenvalue weighted by Crippen LogP contribution is -2.50. The summed E-state index contributed by atoms with van der Waals surface area (Å²) in [6.45, 7) is 5.69. The first-order valence-corrected chi connectivity index (χ1v) is 9.16. The fourth-order valence-corrected chi connectivity index (χ4v) is 3.11. The van der Waals surface area contributed by atoms with Crippen molar-refractivity contribution >= 4 is 5.91 Å². The van der Waals surface area contributed by atoms with E-state index in [1.165, 1.54) is 0 Å². The summed E-state index contributed by atoms with van der Waals surface area (Å²) >= 11 is 0. The molecule has 3 rings (SSSR count). The molecule has 2 heterocycles. The predicted molar refractivity (Wildman–Crippen MR) is 98.8 cm³/mol. The molecule has 1 aliphatic heterocycles. The Morgan fingerprint density at radius 3 is 2.88 bits per heavy atom. The van der Waals surface area contributed by atoms with E-state index in [1.54, 1.807) is 0 Å². The van der Waals surface area contributed by atoms with Crippen LogP contribution in [0, 0.1) is 13.8 Å². The number of H-pyrrole nitrogens is 1. The molecule has 1 fully saturated rings. The lowest BCUT2D eigenvalue weighted by molar-refractivity contribution is -0.126. The number of aromatic amines is 1. The molecule has 1 saturated heterocycles. The van der Waals surface area contributed by atoms with Crippen molar-refractivity contribution in [2.45, 2.75) is 51.9 Å². The van der Waals surface area contributed by atoms with Crippen molar-refractivity contribution in [2.75, 3.05) is 13.2 Å². The van der Waals surface area contributed by atoms with Crippen LogP contribution in [0.25, 0.3) is 0 Å². The molecule has 0 unspecified atom stereocenters. The van der Waals surface area contributed by atoms with E-state index in [9.17, 15) is 4.79 Å². The Morgan fingerprint density at radius 1 is 1.35 bits per heavy atom. The van der Waals surface area contributed by atoms with Gasteiger partial charge in [0.15, 0.2) is 0 Å². The van der Waals surface area contributed by atoms with E-state index < -0.39 is 0 Å². The van der Waals surface area contributed by atoms with Gasteiger partial charge < -0.3 is 14.8 Å². The average molecular weight is 357 g/mol. The normalized spacial score (nSPS) is 20.1. The standard InChI is InChI=1S/C20H27N3O3/c1-14-15(2)22-23-17(14)8-9-20(24)21-18-10-11-25-13-19(18)26-12-16-6-4-3-5-7-16/h3-7,18-19H,8-13H2,1-2H3,(H,21,24)(H,22,23)/t18-,19-/m1/s1. The van der Waals surface area contributed by atoms with Gasteiger partial charge in [0, 0.05) is 25.1 Å². The van der Waals surface area contributed by atoms with Crippen LogP contribution in [-0.4, -0.2) is 41.5 Å². The van der Waals surface area contributed by atoms with Gasteiger partial charge in [-0.1, -0.05) is 30.3 Å². The predicted octanol–water partition coefficient (Wildman–Crippen LogP) is 2.45. The molecule has 6 nitrogen and oxygen atoms in total. The number of benzene rings is 1. The smallest absolute Gasteiger partial charge is 0.220 e. The molecule has 0 radical (unpaired) electrons. The highest BCUT2D eigenvalue weighted by atomic mass is 16.5. The fourth-order valence-electron chi connectivity index (χ4n) is 3.11. The molecule has 2 N–H and O–H groups in total. The summed E-state index contributed by atoms with van der Waals surface area (Å²) < 4.78 is 11.6. The Balaban J connectivity index is 1.49. The van der Waals surface area contributed by atoms with Gasteiger partial charge in [-0.2, -0.15) is 5.10 Å². The highest BCUT2D eigenvalue weighted by Gasteiger charge is 2.28. The summed E-state index contributed by atoms with van der Waals surface area (Å²) in [5, 5.41) is 10.3. The van der Waals surface area contributed by atoms with Gasteiger partial charge in [-0.05, 0) is 31.4 Å². The maximum atomic E-state index is 12.4. The minimum atomic E-state index is -0.123. The van der Waals surface area contributed by atoms with Crippen molar-refractivity contribution in [3.63, 3.8) is 0 Å². The van der Waals surface area contributed by atoms with Gasteiger partial charge in [-0.3, -0.25) is 9.89 Å². The Hall–Kier alpha value is -2.18. The summed E-state index contributed by atoms with van der Waals surface area (Å²) in [4.78, 5) is 12.4. The maximum absolute atomic E-state index is 12.4. The van der Waals surface area contributed by atoms with Crippen LogP contribution in [0.15, 0.2) is 30.3 Å². The third-order valence-corrected chi connectivity index (χ3v) is 4.90. The van der Waals surface area contributed by atoms with Crippen molar-refractivity contribution in [3.05, 3.63) is 52.8 Å². The second-order valence-corrected chi connectivity index (χ2v) is 6.79. The Kier molecular flexibility index (Phi) is 6.41. The van der Waals surface area contributed by atoms with Crippen LogP contribution in [0.3, 0.4) is 0 Å². The SMILES string of the molecule is Cc1[nH]nc(CCC(=O)N[C@@H]2CCOC[C@H]2OCc2ccccc2)c1C. The monoisotopic (exact) mass is 357 g/mol. The van der Waals surface area contributed by atoms with Gasteiger partial charge in [-0.15, -0.1) is 0 Å². The molecule has 1 amide bonds. The number of rotatable bonds is 7. The number of amides is 1. The topological polar surface area (TPSA) is 76.2 Å². The van der Waals surface area contributed by atoms with Crippen LogP contribution >= 0.6 is 0 Å². The van der Waals surface area contributed by atoms with E-state index in [4.69, 9.17) is 9.47 Å². The number of hydrogen-bond donors (Lipinski definition) is 2. The van der Waals surface area contributed by atoms with Crippen LogP contribution in [0.5, 0.6) is 0 Å². The number of hydrogen-bond acceptors (Lipinski definition) is 4. The van der Waals surface area contributed by atoms with E-state index in [-0.39, 0.29) is 18.1 Å². The number of aromatic nitrogens is 2. The van der Waals surface area contributed by atoms with Gasteiger partial charge in [0.2, 0.25) is 5.91 Å². The largest absolute Gasteiger partial charge is 0.379 e. The van der Waals surface area contributed by atoms with Crippen LogP contribution in [0.1, 0.15) is 35.4 Å². The van der Waals surface area contributed by atoms with Crippen molar-refractivity contribution in [2.24, 2.45) is 0 Å². The molecule has 0 spiro atoms. The average Bonchev–Trinajstić information content (AvgIpc) is 2.98. The number of aryl methyl sites for hydroxylation is 2. The third kappa shape index (κ3) is 4.93. The first-order valence-electron chi connectivity index (χ1n) is 9.16. The molecule has 0 bridgehead atoms. The molecule has 0 saturated carbocycles. The summed E-state index contributed by atoms with van der Waals surface area (Å²) in [6.07, 6.45) is 1.71. The van der Waals surface area contributed by atoms with Gasteiger partial charge in [-0.25, -0.2) is 0 Å². The first-order chi connectivity index (χ1) is 12.6. The zero-order valence-electron chi connectivity index (χ0n) is 15.5. The van der Waals surface area contributed by atoms with Crippen LogP contribution in [0.2, 0.25) is 0 Å². The van der Waals surface area contributed by atoms with E-state index in [1.807, 2.05) is 44.2 Å². The number of nitrogens with one attached hydrogen (secondary N) is 2. The lowest BCUT2D eigenvalue weighted by atomic mass is 10.0. The molecule has 0 aliphatic carbocycles. The Morgan fingerprint density at radius 2 is 2.15 bits per heavy atom. The summed E-state index contributed by atoms with van der Waals surface area (Å²) in [5.74, 6) is 0.0327. The third-order valence-electron chi connectivity index (χ3n) is 4.90. The molecule has 140 valence electrons. The van der Waals surface area contributed by atoms with Crippen LogP contribution in [0.4, 0.5) is 0 Å². The van der Waals surface area contributed by atoms with Crippen molar-refractivity contribution in [1.82, 2.24) is 15.5 Å². The highest BCUT2D eigenvalue weighted by molar-refractivity contribution is 5.76. The highest BCUT2D eigenvalue weighted by Crippen LogP contribution is 2.15. The van der Waals surface area contributed by atoms with E-state index >= 15 is 0 Å². The molecule has 2 aromatic rings. The van der Waals surface area contributed by atoms with Crippen molar-refractivity contribution in [3.8, 4) is 0 Å². The van der Waals surface area contributed by atoms with Crippen LogP contribution < -0.4 is 5.32 Å². The second-order valence-electron chi connectivity index (χ2n) is 6.79. The minimum absolute atomic E-state index is 0.0121. The summed E-state index contributed by atoms with van der Waals surface area (Å²) in [6, 6.07) is 10.0. The zero-order chi connectivity index (χ0) is 18.4. The van der Waals surface area contributed by atoms with Crippen molar-refractivity contribution < 1.29 is 14.3 Å². The number of nitrogens with zero attached hydrogens (tertiary/aromatic N) is 1. The number of carbonyl (C=O) groups excluding carboxylic acids is 1. The summed E-state index contributed by atoms with van der Waals surface area (Å²) in [7, 11) is 0. The van der Waals surface area contributed by atoms with Gasteiger partial charge in [0.05, 0.1) is 24.9 Å². The van der Waals surface area contributed by atoms with Gasteiger partial charge in [0.1, 0.15) is 6.10 Å². The maximum Gasteiger partial charge on any atom is 0.220 e. The molecule has 6 heteroatoms. The molecule has 26 heavy (non-hydrogen) atoms. The number of ether oxygens (including phenoxy) is 2. The minimum Gasteiger partial charge on any atom is -0.379 e. The second kappa shape index (κ2) is 8.96. The first kappa shape index (κ1) is 18.6. The quantitative estimate of drug-likeness (QED) is 0.798. The van der Waals surface area contributed by atoms with E-state index in [0.29, 0.717) is 32.7 Å². The summed E-state index contributed by atoms with van der Waals surface area (Å²) in [5.41, 5.74) is 4.26. The fraction of sp³-hybridized carbons (Fsp3) is 0.500. The van der Waals surface area contributed by atoms with Gasteiger partial charge >= 0.3 is 0 Å². The molecule has 2 atom stereocenters. The van der Waals surface area contributed by atoms with Gasteiger partial charge in [0.25, 0.3) is 0 Å². The van der Waals surface area contributed by atoms with E-state index in [0.717, 1.165) is 28.9 Å². The molecular weight excluding hydrogens is 330 g/mol. The number of carbonyl (C=O) groups is 1. The van der Waals surface area contributed by atoms with E-state index in [2.05, 4.69) is 15.5 Å². The Labute approximate surface area is 154 Å². The molecule has 1 aliphatic rings. The Bertz CT molecular complexity index is 714. The molecule has 1 aromatic heterocycles. The molecule has 1 aromatic carbocycles. The lowest BCUT2D eigenvalue weighted by Gasteiger charge is -2.32.